The van der Waals surface area contributed by atoms with E-state index < -0.39 is 0 Å². The molecule has 4 nitrogen and oxygen atoms in total. The van der Waals surface area contributed by atoms with Crippen LogP contribution in [0, 0.1) is 11.3 Å². The van der Waals surface area contributed by atoms with Crippen molar-refractivity contribution in [1.82, 2.24) is 4.57 Å². The normalized spacial score (nSPS) is 10.5. The number of ether oxygens (including phenoxy) is 1. The van der Waals surface area contributed by atoms with Crippen LogP contribution < -0.4 is 10.1 Å². The van der Waals surface area contributed by atoms with Crippen LogP contribution in [-0.2, 0) is 6.54 Å². The molecule has 0 spiro atoms. The maximum atomic E-state index is 9.71. The summed E-state index contributed by atoms with van der Waals surface area (Å²) in [6.07, 6.45) is 0. The molecule has 0 saturated carbocycles. The van der Waals surface area contributed by atoms with E-state index in [9.17, 15) is 5.26 Å². The summed E-state index contributed by atoms with van der Waals surface area (Å²) in [5, 5.41) is 13.8. The standard InChI is InChI=1S/C19H19N3O/c1-4-22-18-11-15(23-3)9-10-16(18)17(12-20)19(22)13-5-7-14(21-2)8-6-13/h5-11,21H,4H2,1-3H3. The van der Waals surface area contributed by atoms with Crippen molar-refractivity contribution in [3.63, 3.8) is 0 Å². The van der Waals surface area contributed by atoms with Gasteiger partial charge in [0.1, 0.15) is 11.8 Å². The molecule has 0 saturated heterocycles. The van der Waals surface area contributed by atoms with Gasteiger partial charge in [-0.05, 0) is 36.8 Å². The summed E-state index contributed by atoms with van der Waals surface area (Å²) < 4.78 is 7.51. The second-order valence-corrected chi connectivity index (χ2v) is 5.29. The Bertz CT molecular complexity index is 886. The Labute approximate surface area is 135 Å². The molecule has 0 aliphatic rings. The number of rotatable bonds is 4. The lowest BCUT2D eigenvalue weighted by Crippen LogP contribution is -1.98. The number of hydrogen-bond acceptors (Lipinski definition) is 3. The van der Waals surface area contributed by atoms with Crippen molar-refractivity contribution in [3.8, 4) is 23.1 Å². The summed E-state index contributed by atoms with van der Waals surface area (Å²) in [4.78, 5) is 0. The molecule has 0 atom stereocenters. The molecule has 2 aromatic carbocycles. The van der Waals surface area contributed by atoms with Gasteiger partial charge in [0, 0.05) is 30.7 Å². The Morgan fingerprint density at radius 1 is 1.17 bits per heavy atom. The Balaban J connectivity index is 2.31. The SMILES string of the molecule is CCn1c(-c2ccc(NC)cc2)c(C#N)c2ccc(OC)cc21. The van der Waals surface area contributed by atoms with Crippen molar-refractivity contribution in [2.24, 2.45) is 0 Å². The number of aromatic nitrogens is 1. The first-order chi connectivity index (χ1) is 11.2. The minimum absolute atomic E-state index is 0.710. The van der Waals surface area contributed by atoms with Crippen LogP contribution in [0.3, 0.4) is 0 Å². The van der Waals surface area contributed by atoms with E-state index in [1.807, 2.05) is 49.5 Å². The van der Waals surface area contributed by atoms with Crippen LogP contribution in [0.4, 0.5) is 5.69 Å². The van der Waals surface area contributed by atoms with E-state index in [0.717, 1.165) is 40.1 Å². The van der Waals surface area contributed by atoms with Crippen LogP contribution >= 0.6 is 0 Å². The van der Waals surface area contributed by atoms with Crippen molar-refractivity contribution in [2.45, 2.75) is 13.5 Å². The summed E-state index contributed by atoms with van der Waals surface area (Å²) in [5.74, 6) is 0.797. The quantitative estimate of drug-likeness (QED) is 0.784. The van der Waals surface area contributed by atoms with Crippen molar-refractivity contribution < 1.29 is 4.74 Å². The second-order valence-electron chi connectivity index (χ2n) is 5.29. The molecule has 116 valence electrons. The van der Waals surface area contributed by atoms with Gasteiger partial charge in [-0.15, -0.1) is 0 Å². The number of nitriles is 1. The van der Waals surface area contributed by atoms with E-state index in [1.54, 1.807) is 7.11 Å². The molecule has 3 aromatic rings. The average molecular weight is 305 g/mol. The Hall–Kier alpha value is -2.93. The molecule has 0 bridgehead atoms. The topological polar surface area (TPSA) is 50.0 Å². The maximum absolute atomic E-state index is 9.71. The number of fused-ring (bicyclic) bond motifs is 1. The fraction of sp³-hybridized carbons (Fsp3) is 0.211. The van der Waals surface area contributed by atoms with Crippen LogP contribution in [0.15, 0.2) is 42.5 Å². The molecule has 0 radical (unpaired) electrons. The molecule has 0 fully saturated rings. The monoisotopic (exact) mass is 305 g/mol. The van der Waals surface area contributed by atoms with E-state index >= 15 is 0 Å². The van der Waals surface area contributed by atoms with Gasteiger partial charge in [0.2, 0.25) is 0 Å². The molecule has 1 heterocycles. The first kappa shape index (κ1) is 15.0. The second kappa shape index (κ2) is 6.05. The minimum atomic E-state index is 0.710. The number of hydrogen-bond donors (Lipinski definition) is 1. The zero-order chi connectivity index (χ0) is 16.4. The van der Waals surface area contributed by atoms with E-state index in [1.165, 1.54) is 0 Å². The molecule has 23 heavy (non-hydrogen) atoms. The lowest BCUT2D eigenvalue weighted by Gasteiger charge is -2.10. The Morgan fingerprint density at radius 2 is 1.91 bits per heavy atom. The molecule has 0 unspecified atom stereocenters. The predicted octanol–water partition coefficient (Wildman–Crippen LogP) is 4.25. The molecule has 0 aliphatic heterocycles. The summed E-state index contributed by atoms with van der Waals surface area (Å²) in [7, 11) is 3.55. The van der Waals surface area contributed by atoms with Gasteiger partial charge in [-0.3, -0.25) is 0 Å². The van der Waals surface area contributed by atoms with Gasteiger partial charge < -0.3 is 14.6 Å². The first-order valence-electron chi connectivity index (χ1n) is 7.62. The molecule has 4 heteroatoms. The number of anilines is 1. The third-order valence-electron chi connectivity index (χ3n) is 4.15. The van der Waals surface area contributed by atoms with Gasteiger partial charge in [0.05, 0.1) is 23.9 Å². The van der Waals surface area contributed by atoms with Crippen molar-refractivity contribution in [2.75, 3.05) is 19.5 Å². The van der Waals surface area contributed by atoms with Gasteiger partial charge >= 0.3 is 0 Å². The largest absolute Gasteiger partial charge is 0.497 e. The van der Waals surface area contributed by atoms with Crippen LogP contribution in [0.25, 0.3) is 22.2 Å². The molecular formula is C19H19N3O. The summed E-state index contributed by atoms with van der Waals surface area (Å²) in [5.41, 5.74) is 4.78. The molecule has 0 amide bonds. The highest BCUT2D eigenvalue weighted by molar-refractivity contribution is 5.95. The van der Waals surface area contributed by atoms with E-state index in [-0.39, 0.29) is 0 Å². The van der Waals surface area contributed by atoms with Crippen LogP contribution in [0.1, 0.15) is 12.5 Å². The molecule has 3 rings (SSSR count). The highest BCUT2D eigenvalue weighted by atomic mass is 16.5. The van der Waals surface area contributed by atoms with Gasteiger partial charge in [-0.25, -0.2) is 0 Å². The van der Waals surface area contributed by atoms with Gasteiger partial charge in [0.15, 0.2) is 0 Å². The molecular weight excluding hydrogens is 286 g/mol. The minimum Gasteiger partial charge on any atom is -0.497 e. The van der Waals surface area contributed by atoms with E-state index in [0.29, 0.717) is 5.56 Å². The average Bonchev–Trinajstić information content (AvgIpc) is 2.94. The fourth-order valence-corrected chi connectivity index (χ4v) is 2.99. The van der Waals surface area contributed by atoms with Gasteiger partial charge in [-0.2, -0.15) is 5.26 Å². The van der Waals surface area contributed by atoms with Crippen LogP contribution in [0.5, 0.6) is 5.75 Å². The first-order valence-corrected chi connectivity index (χ1v) is 7.62. The number of aryl methyl sites for hydroxylation is 1. The number of nitrogens with one attached hydrogen (secondary N) is 1. The number of methoxy groups -OCH3 is 1. The lowest BCUT2D eigenvalue weighted by atomic mass is 10.1. The number of benzene rings is 2. The highest BCUT2D eigenvalue weighted by Gasteiger charge is 2.18. The summed E-state index contributed by atoms with van der Waals surface area (Å²) in [6.45, 7) is 2.87. The Morgan fingerprint density at radius 3 is 2.48 bits per heavy atom. The third-order valence-corrected chi connectivity index (χ3v) is 4.15. The van der Waals surface area contributed by atoms with Crippen LogP contribution in [0.2, 0.25) is 0 Å². The maximum Gasteiger partial charge on any atom is 0.120 e. The smallest absolute Gasteiger partial charge is 0.120 e. The van der Waals surface area contributed by atoms with Crippen molar-refractivity contribution >= 4 is 16.6 Å². The lowest BCUT2D eigenvalue weighted by molar-refractivity contribution is 0.415. The molecule has 1 N–H and O–H groups in total. The third kappa shape index (κ3) is 2.40. The molecule has 1 aromatic heterocycles. The fourth-order valence-electron chi connectivity index (χ4n) is 2.99. The number of nitrogens with zero attached hydrogens (tertiary/aromatic N) is 2. The van der Waals surface area contributed by atoms with E-state index in [2.05, 4.69) is 22.9 Å². The summed E-state index contributed by atoms with van der Waals surface area (Å²) in [6, 6.07) is 16.4. The Kier molecular flexibility index (Phi) is 3.94. The summed E-state index contributed by atoms with van der Waals surface area (Å²) >= 11 is 0. The van der Waals surface area contributed by atoms with Gasteiger partial charge in [0.25, 0.3) is 0 Å². The highest BCUT2D eigenvalue weighted by Crippen LogP contribution is 2.35. The zero-order valence-corrected chi connectivity index (χ0v) is 13.6. The zero-order valence-electron chi connectivity index (χ0n) is 13.6. The van der Waals surface area contributed by atoms with Crippen LogP contribution in [-0.4, -0.2) is 18.7 Å². The molecule has 0 aliphatic carbocycles. The predicted molar refractivity (Wildman–Crippen MR) is 93.9 cm³/mol. The van der Waals surface area contributed by atoms with Gasteiger partial charge in [-0.1, -0.05) is 12.1 Å². The van der Waals surface area contributed by atoms with Crippen molar-refractivity contribution in [3.05, 3.63) is 48.0 Å². The van der Waals surface area contributed by atoms with E-state index in [4.69, 9.17) is 4.74 Å². The van der Waals surface area contributed by atoms with Crippen molar-refractivity contribution in [1.29, 1.82) is 5.26 Å².